The minimum absolute atomic E-state index is 0.376. The van der Waals surface area contributed by atoms with Gasteiger partial charge >= 0.3 is 0 Å². The highest BCUT2D eigenvalue weighted by Gasteiger charge is 2.25. The van der Waals surface area contributed by atoms with E-state index >= 15 is 0 Å². The molecule has 3 heteroatoms. The number of likely N-dealkylation sites (tertiary alicyclic amines) is 1. The van der Waals surface area contributed by atoms with E-state index in [4.69, 9.17) is 5.73 Å². The van der Waals surface area contributed by atoms with E-state index in [2.05, 4.69) is 55.1 Å². The smallest absolute Gasteiger partial charge is 0.0470 e. The highest BCUT2D eigenvalue weighted by atomic mass is 15.2. The Bertz CT molecular complexity index is 399. The summed E-state index contributed by atoms with van der Waals surface area (Å²) in [5, 5.41) is 0. The Morgan fingerprint density at radius 2 is 2.00 bits per heavy atom. The highest BCUT2D eigenvalue weighted by molar-refractivity contribution is 5.46. The van der Waals surface area contributed by atoms with Crippen molar-refractivity contribution in [3.05, 3.63) is 29.8 Å². The van der Waals surface area contributed by atoms with Crippen LogP contribution in [-0.2, 0) is 0 Å². The molecule has 1 saturated heterocycles. The molecule has 2 atom stereocenters. The number of hydrogen-bond donors (Lipinski definition) is 1. The second-order valence-electron chi connectivity index (χ2n) is 6.15. The van der Waals surface area contributed by atoms with Crippen LogP contribution in [-0.4, -0.2) is 38.6 Å². The Labute approximate surface area is 123 Å². The van der Waals surface area contributed by atoms with Crippen LogP contribution in [0.25, 0.3) is 0 Å². The second kappa shape index (κ2) is 7.09. The summed E-state index contributed by atoms with van der Waals surface area (Å²) in [6.07, 6.45) is 3.97. The Morgan fingerprint density at radius 1 is 1.30 bits per heavy atom. The summed E-state index contributed by atoms with van der Waals surface area (Å²) in [4.78, 5) is 4.72. The van der Waals surface area contributed by atoms with Gasteiger partial charge in [0.25, 0.3) is 0 Å². The van der Waals surface area contributed by atoms with Gasteiger partial charge in [0.2, 0.25) is 0 Å². The first-order valence-electron chi connectivity index (χ1n) is 7.87. The molecule has 20 heavy (non-hydrogen) atoms. The summed E-state index contributed by atoms with van der Waals surface area (Å²) < 4.78 is 0. The van der Waals surface area contributed by atoms with E-state index in [1.807, 2.05) is 0 Å². The molecule has 0 bridgehead atoms. The molecule has 1 aromatic rings. The van der Waals surface area contributed by atoms with Crippen LogP contribution < -0.4 is 10.6 Å². The predicted octanol–water partition coefficient (Wildman–Crippen LogP) is 2.87. The van der Waals surface area contributed by atoms with E-state index in [1.54, 1.807) is 0 Å². The number of rotatable bonds is 5. The van der Waals surface area contributed by atoms with E-state index in [9.17, 15) is 0 Å². The van der Waals surface area contributed by atoms with Crippen LogP contribution in [0.1, 0.15) is 37.8 Å². The quantitative estimate of drug-likeness (QED) is 0.897. The van der Waals surface area contributed by atoms with Crippen LogP contribution in [0.3, 0.4) is 0 Å². The molecule has 2 rings (SSSR count). The van der Waals surface area contributed by atoms with Crippen molar-refractivity contribution in [3.63, 3.8) is 0 Å². The first-order chi connectivity index (χ1) is 9.65. The normalized spacial score (nSPS) is 21.7. The molecule has 1 aliphatic heterocycles. The maximum atomic E-state index is 6.07. The molecule has 0 amide bonds. The average Bonchev–Trinajstić information content (AvgIpc) is 2.49. The third kappa shape index (κ3) is 3.53. The Balaban J connectivity index is 2.10. The fraction of sp³-hybridized carbons (Fsp3) is 0.647. The average molecular weight is 275 g/mol. The van der Waals surface area contributed by atoms with Gasteiger partial charge in [0.15, 0.2) is 0 Å². The van der Waals surface area contributed by atoms with Gasteiger partial charge in [0.1, 0.15) is 0 Å². The SMILES string of the molecule is CCC1CCCN(C(CN)c2ccc(N(C)C)cc2)C1. The summed E-state index contributed by atoms with van der Waals surface area (Å²) in [5.41, 5.74) is 8.67. The lowest BCUT2D eigenvalue weighted by Gasteiger charge is -2.38. The lowest BCUT2D eigenvalue weighted by atomic mass is 9.93. The summed E-state index contributed by atoms with van der Waals surface area (Å²) in [6.45, 7) is 5.40. The highest BCUT2D eigenvalue weighted by Crippen LogP contribution is 2.28. The van der Waals surface area contributed by atoms with E-state index in [0.717, 1.165) is 5.92 Å². The Morgan fingerprint density at radius 3 is 2.55 bits per heavy atom. The van der Waals surface area contributed by atoms with Gasteiger partial charge in [-0.3, -0.25) is 4.90 Å². The summed E-state index contributed by atoms with van der Waals surface area (Å²) in [5.74, 6) is 0.846. The number of benzene rings is 1. The molecule has 1 aromatic carbocycles. The summed E-state index contributed by atoms with van der Waals surface area (Å²) in [6, 6.07) is 9.24. The standard InChI is InChI=1S/C17H29N3/c1-4-14-6-5-11-20(13-14)17(12-18)15-7-9-16(10-8-15)19(2)3/h7-10,14,17H,4-6,11-13,18H2,1-3H3. The zero-order valence-electron chi connectivity index (χ0n) is 13.2. The number of nitrogens with zero attached hydrogens (tertiary/aromatic N) is 2. The van der Waals surface area contributed by atoms with Crippen LogP contribution >= 0.6 is 0 Å². The van der Waals surface area contributed by atoms with Crippen LogP contribution in [0.2, 0.25) is 0 Å². The van der Waals surface area contributed by atoms with Crippen molar-refractivity contribution in [1.82, 2.24) is 4.90 Å². The van der Waals surface area contributed by atoms with Crippen molar-refractivity contribution < 1.29 is 0 Å². The Kier molecular flexibility index (Phi) is 5.44. The number of piperidine rings is 1. The van der Waals surface area contributed by atoms with Gasteiger partial charge in [0, 0.05) is 38.9 Å². The maximum Gasteiger partial charge on any atom is 0.0470 e. The molecule has 3 nitrogen and oxygen atoms in total. The number of hydrogen-bond acceptors (Lipinski definition) is 3. The molecule has 2 N–H and O–H groups in total. The third-order valence-corrected chi connectivity index (χ3v) is 4.59. The zero-order chi connectivity index (χ0) is 14.5. The summed E-state index contributed by atoms with van der Waals surface area (Å²) in [7, 11) is 4.15. The van der Waals surface area contributed by atoms with Gasteiger partial charge in [0.05, 0.1) is 0 Å². The molecule has 1 heterocycles. The zero-order valence-corrected chi connectivity index (χ0v) is 13.2. The predicted molar refractivity (Wildman–Crippen MR) is 87.2 cm³/mol. The van der Waals surface area contributed by atoms with Crippen molar-refractivity contribution in [2.24, 2.45) is 11.7 Å². The first-order valence-corrected chi connectivity index (χ1v) is 7.87. The molecule has 0 spiro atoms. The van der Waals surface area contributed by atoms with E-state index < -0.39 is 0 Å². The molecular formula is C17H29N3. The van der Waals surface area contributed by atoms with Crippen molar-refractivity contribution >= 4 is 5.69 Å². The number of anilines is 1. The first kappa shape index (κ1) is 15.3. The van der Waals surface area contributed by atoms with Gasteiger partial charge in [-0.15, -0.1) is 0 Å². The van der Waals surface area contributed by atoms with Gasteiger partial charge in [-0.1, -0.05) is 25.5 Å². The van der Waals surface area contributed by atoms with Crippen LogP contribution in [0.5, 0.6) is 0 Å². The van der Waals surface area contributed by atoms with Crippen LogP contribution in [0.4, 0.5) is 5.69 Å². The summed E-state index contributed by atoms with van der Waals surface area (Å²) >= 11 is 0. The van der Waals surface area contributed by atoms with Crippen molar-refractivity contribution in [2.75, 3.05) is 38.6 Å². The minimum Gasteiger partial charge on any atom is -0.378 e. The van der Waals surface area contributed by atoms with E-state index in [1.165, 1.54) is 43.6 Å². The lowest BCUT2D eigenvalue weighted by Crippen LogP contribution is -2.41. The van der Waals surface area contributed by atoms with E-state index in [-0.39, 0.29) is 0 Å². The lowest BCUT2D eigenvalue weighted by molar-refractivity contribution is 0.124. The van der Waals surface area contributed by atoms with Gasteiger partial charge in [-0.25, -0.2) is 0 Å². The fourth-order valence-electron chi connectivity index (χ4n) is 3.20. The third-order valence-electron chi connectivity index (χ3n) is 4.59. The van der Waals surface area contributed by atoms with Crippen molar-refractivity contribution in [1.29, 1.82) is 0 Å². The van der Waals surface area contributed by atoms with Gasteiger partial charge in [-0.05, 0) is 43.0 Å². The molecule has 112 valence electrons. The molecule has 1 aliphatic rings. The largest absolute Gasteiger partial charge is 0.378 e. The minimum atomic E-state index is 0.376. The fourth-order valence-corrected chi connectivity index (χ4v) is 3.20. The van der Waals surface area contributed by atoms with Crippen LogP contribution in [0.15, 0.2) is 24.3 Å². The Hall–Kier alpha value is -1.06. The van der Waals surface area contributed by atoms with Gasteiger partial charge in [-0.2, -0.15) is 0 Å². The molecule has 0 radical (unpaired) electrons. The second-order valence-corrected chi connectivity index (χ2v) is 6.15. The van der Waals surface area contributed by atoms with Crippen LogP contribution in [0, 0.1) is 5.92 Å². The monoisotopic (exact) mass is 275 g/mol. The van der Waals surface area contributed by atoms with Gasteiger partial charge < -0.3 is 10.6 Å². The molecule has 1 fully saturated rings. The topological polar surface area (TPSA) is 32.5 Å². The maximum absolute atomic E-state index is 6.07. The molecule has 2 unspecified atom stereocenters. The molecular weight excluding hydrogens is 246 g/mol. The van der Waals surface area contributed by atoms with Crippen molar-refractivity contribution in [2.45, 2.75) is 32.2 Å². The number of nitrogens with two attached hydrogens (primary N) is 1. The molecule has 0 aliphatic carbocycles. The molecule has 0 aromatic heterocycles. The van der Waals surface area contributed by atoms with E-state index in [0.29, 0.717) is 12.6 Å². The van der Waals surface area contributed by atoms with Crippen molar-refractivity contribution in [3.8, 4) is 0 Å². The molecule has 0 saturated carbocycles.